The highest BCUT2D eigenvalue weighted by atomic mass is 35.5. The summed E-state index contributed by atoms with van der Waals surface area (Å²) >= 11 is 0. The third-order valence-electron chi connectivity index (χ3n) is 7.06. The van der Waals surface area contributed by atoms with Gasteiger partial charge in [0.25, 0.3) is 0 Å². The van der Waals surface area contributed by atoms with Crippen molar-refractivity contribution in [2.45, 2.75) is 44.6 Å². The molecule has 3 aliphatic heterocycles. The second-order valence-corrected chi connectivity index (χ2v) is 8.39. The predicted octanol–water partition coefficient (Wildman–Crippen LogP) is 2.21. The fraction of sp³-hybridized carbons (Fsp3) is 0.947. The molecule has 3 saturated heterocycles. The molecule has 1 saturated carbocycles. The summed E-state index contributed by atoms with van der Waals surface area (Å²) in [5.74, 6) is 0. The highest BCUT2D eigenvalue weighted by molar-refractivity contribution is 5.85. The minimum Gasteiger partial charge on any atom is -0.378 e. The molecule has 4 aliphatic rings. The first-order valence-corrected chi connectivity index (χ1v) is 10.3. The standard InChI is InChI=1S/C19H34N4O2.2ClH/c24-18(23-13-15-25-16-14-23)22-11-9-21(10-12-22)17-1-3-19(4-2-17)5-7-20-8-6-19;;/h17,20H,1-16H2;2*1H. The minimum atomic E-state index is 0. The lowest BCUT2D eigenvalue weighted by Crippen LogP contribution is -2.57. The van der Waals surface area contributed by atoms with Gasteiger partial charge in [-0.2, -0.15) is 0 Å². The molecule has 27 heavy (non-hydrogen) atoms. The van der Waals surface area contributed by atoms with Crippen LogP contribution in [-0.4, -0.2) is 92.3 Å². The average Bonchev–Trinajstić information content (AvgIpc) is 2.70. The Morgan fingerprint density at radius 1 is 0.815 bits per heavy atom. The molecule has 6 nitrogen and oxygen atoms in total. The largest absolute Gasteiger partial charge is 0.378 e. The molecule has 1 aliphatic carbocycles. The Kier molecular flexibility index (Phi) is 8.94. The first-order chi connectivity index (χ1) is 12.3. The van der Waals surface area contributed by atoms with E-state index < -0.39 is 0 Å². The predicted molar refractivity (Wildman–Crippen MR) is 112 cm³/mol. The van der Waals surface area contributed by atoms with Crippen molar-refractivity contribution in [3.63, 3.8) is 0 Å². The number of urea groups is 1. The van der Waals surface area contributed by atoms with Gasteiger partial charge in [-0.05, 0) is 57.0 Å². The number of nitrogens with one attached hydrogen (secondary N) is 1. The molecule has 0 atom stereocenters. The van der Waals surface area contributed by atoms with Crippen LogP contribution < -0.4 is 5.32 Å². The van der Waals surface area contributed by atoms with Crippen LogP contribution >= 0.6 is 24.8 Å². The quantitative estimate of drug-likeness (QED) is 0.703. The smallest absolute Gasteiger partial charge is 0.320 e. The normalized spacial score (nSPS) is 27.0. The van der Waals surface area contributed by atoms with Gasteiger partial charge in [0.2, 0.25) is 0 Å². The monoisotopic (exact) mass is 422 g/mol. The van der Waals surface area contributed by atoms with Crippen LogP contribution in [0.3, 0.4) is 0 Å². The van der Waals surface area contributed by atoms with Gasteiger partial charge in [-0.15, -0.1) is 24.8 Å². The van der Waals surface area contributed by atoms with Crippen LogP contribution in [0.4, 0.5) is 4.79 Å². The first kappa shape index (κ1) is 23.0. The molecule has 0 radical (unpaired) electrons. The van der Waals surface area contributed by atoms with E-state index in [1.807, 2.05) is 4.90 Å². The topological polar surface area (TPSA) is 48.1 Å². The van der Waals surface area contributed by atoms with E-state index in [4.69, 9.17) is 4.74 Å². The van der Waals surface area contributed by atoms with E-state index in [-0.39, 0.29) is 30.8 Å². The number of nitrogens with zero attached hydrogens (tertiary/aromatic N) is 3. The van der Waals surface area contributed by atoms with E-state index >= 15 is 0 Å². The van der Waals surface area contributed by atoms with Crippen molar-refractivity contribution in [2.24, 2.45) is 5.41 Å². The molecule has 8 heteroatoms. The third-order valence-corrected chi connectivity index (χ3v) is 7.06. The highest BCUT2D eigenvalue weighted by Crippen LogP contribution is 2.44. The molecule has 4 rings (SSSR count). The number of halogens is 2. The maximum absolute atomic E-state index is 12.6. The van der Waals surface area contributed by atoms with Gasteiger partial charge in [0, 0.05) is 45.3 Å². The van der Waals surface area contributed by atoms with Crippen LogP contribution in [0, 0.1) is 5.41 Å². The van der Waals surface area contributed by atoms with E-state index in [0.29, 0.717) is 18.6 Å². The second kappa shape index (κ2) is 10.5. The Bertz CT molecular complexity index is 453. The number of morpholine rings is 1. The van der Waals surface area contributed by atoms with Gasteiger partial charge in [0.1, 0.15) is 0 Å². The highest BCUT2D eigenvalue weighted by Gasteiger charge is 2.38. The number of carbonyl (C=O) groups excluding carboxylic acids is 1. The van der Waals surface area contributed by atoms with Crippen LogP contribution in [-0.2, 0) is 4.74 Å². The molecule has 0 aromatic carbocycles. The van der Waals surface area contributed by atoms with Crippen LogP contribution in [0.2, 0.25) is 0 Å². The summed E-state index contributed by atoms with van der Waals surface area (Å²) in [5, 5.41) is 3.51. The van der Waals surface area contributed by atoms with E-state index in [0.717, 1.165) is 45.3 Å². The van der Waals surface area contributed by atoms with E-state index in [9.17, 15) is 4.79 Å². The fourth-order valence-electron chi connectivity index (χ4n) is 5.27. The Labute approximate surface area is 176 Å². The van der Waals surface area contributed by atoms with E-state index in [1.54, 1.807) is 0 Å². The van der Waals surface area contributed by atoms with Gasteiger partial charge in [0.15, 0.2) is 0 Å². The number of hydrogen-bond donors (Lipinski definition) is 1. The summed E-state index contributed by atoms with van der Waals surface area (Å²) in [6, 6.07) is 0.974. The minimum absolute atomic E-state index is 0. The first-order valence-electron chi connectivity index (χ1n) is 10.3. The van der Waals surface area contributed by atoms with Crippen LogP contribution in [0.1, 0.15) is 38.5 Å². The van der Waals surface area contributed by atoms with Crippen LogP contribution in [0.25, 0.3) is 0 Å². The number of amides is 2. The second-order valence-electron chi connectivity index (χ2n) is 8.39. The maximum atomic E-state index is 12.6. The zero-order chi connectivity index (χ0) is 17.1. The Balaban J connectivity index is 0.00000131. The summed E-state index contributed by atoms with van der Waals surface area (Å²) < 4.78 is 5.36. The fourth-order valence-corrected chi connectivity index (χ4v) is 5.27. The zero-order valence-corrected chi connectivity index (χ0v) is 18.0. The van der Waals surface area contributed by atoms with Crippen molar-refractivity contribution in [3.8, 4) is 0 Å². The van der Waals surface area contributed by atoms with E-state index in [1.165, 1.54) is 51.6 Å². The van der Waals surface area contributed by atoms with Gasteiger partial charge in [0.05, 0.1) is 13.2 Å². The van der Waals surface area contributed by atoms with Gasteiger partial charge < -0.3 is 19.9 Å². The third kappa shape index (κ3) is 5.41. The summed E-state index contributed by atoms with van der Waals surface area (Å²) in [5.41, 5.74) is 0.649. The number of piperidine rings is 1. The van der Waals surface area contributed by atoms with Crippen LogP contribution in [0.5, 0.6) is 0 Å². The van der Waals surface area contributed by atoms with Crippen molar-refractivity contribution < 1.29 is 9.53 Å². The SMILES string of the molecule is Cl.Cl.O=C(N1CCOCC1)N1CCN(C2CCC3(CCNCC3)CC2)CC1. The molecule has 0 aromatic rings. The van der Waals surface area contributed by atoms with Crippen molar-refractivity contribution >= 4 is 30.8 Å². The van der Waals surface area contributed by atoms with Crippen molar-refractivity contribution in [3.05, 3.63) is 0 Å². The average molecular weight is 423 g/mol. The van der Waals surface area contributed by atoms with Crippen molar-refractivity contribution in [2.75, 3.05) is 65.6 Å². The van der Waals surface area contributed by atoms with E-state index in [2.05, 4.69) is 15.1 Å². The zero-order valence-electron chi connectivity index (χ0n) is 16.4. The van der Waals surface area contributed by atoms with Crippen molar-refractivity contribution in [1.82, 2.24) is 20.0 Å². The summed E-state index contributed by atoms with van der Waals surface area (Å²) in [4.78, 5) is 19.3. The van der Waals surface area contributed by atoms with Crippen molar-refractivity contribution in [1.29, 1.82) is 0 Å². The molecule has 0 bridgehead atoms. The molecule has 1 N–H and O–H groups in total. The summed E-state index contributed by atoms with van der Waals surface area (Å²) in [7, 11) is 0. The maximum Gasteiger partial charge on any atom is 0.320 e. The van der Waals surface area contributed by atoms with Gasteiger partial charge in [-0.3, -0.25) is 4.90 Å². The summed E-state index contributed by atoms with van der Waals surface area (Å²) in [6.07, 6.45) is 8.29. The molecule has 2 amide bonds. The number of rotatable bonds is 1. The number of piperazine rings is 1. The lowest BCUT2D eigenvalue weighted by atomic mass is 9.67. The molecular formula is C19H36Cl2N4O2. The van der Waals surface area contributed by atoms with Crippen LogP contribution in [0.15, 0.2) is 0 Å². The number of hydrogen-bond acceptors (Lipinski definition) is 4. The van der Waals surface area contributed by atoms with Gasteiger partial charge in [-0.1, -0.05) is 0 Å². The molecule has 0 unspecified atom stereocenters. The number of carbonyl (C=O) groups is 1. The molecule has 0 aromatic heterocycles. The molecule has 3 heterocycles. The molecular weight excluding hydrogens is 387 g/mol. The Morgan fingerprint density at radius 2 is 1.37 bits per heavy atom. The Morgan fingerprint density at radius 3 is 1.96 bits per heavy atom. The van der Waals surface area contributed by atoms with Gasteiger partial charge >= 0.3 is 6.03 Å². The lowest BCUT2D eigenvalue weighted by Gasteiger charge is -2.47. The molecule has 158 valence electrons. The molecule has 1 spiro atoms. The summed E-state index contributed by atoms with van der Waals surface area (Å²) in [6.45, 7) is 9.18. The molecule has 4 fully saturated rings. The van der Waals surface area contributed by atoms with Gasteiger partial charge in [-0.25, -0.2) is 4.79 Å². The number of ether oxygens (including phenoxy) is 1. The Hall–Kier alpha value is -0.270. The lowest BCUT2D eigenvalue weighted by molar-refractivity contribution is 0.0235.